The third-order valence-corrected chi connectivity index (χ3v) is 9.20. The Labute approximate surface area is 249 Å². The maximum absolute atomic E-state index is 2.39. The molecule has 0 N–H and O–H groups in total. The van der Waals surface area contributed by atoms with E-state index in [0.29, 0.717) is 0 Å². The van der Waals surface area contributed by atoms with Gasteiger partial charge in [0, 0.05) is 37.1 Å². The molecule has 0 aliphatic heterocycles. The Balaban J connectivity index is 1.31. The molecule has 0 atom stereocenters. The number of rotatable bonds is 5. The number of hydrogen-bond donors (Lipinski definition) is 0. The van der Waals surface area contributed by atoms with Gasteiger partial charge in [0.1, 0.15) is 0 Å². The summed E-state index contributed by atoms with van der Waals surface area (Å²) in [6.07, 6.45) is 0. The highest BCUT2D eigenvalue weighted by Crippen LogP contribution is 2.44. The van der Waals surface area contributed by atoms with Gasteiger partial charge in [-0.25, -0.2) is 0 Å². The van der Waals surface area contributed by atoms with Crippen molar-refractivity contribution in [1.82, 2.24) is 0 Å². The van der Waals surface area contributed by atoms with Crippen molar-refractivity contribution in [2.45, 2.75) is 0 Å². The summed E-state index contributed by atoms with van der Waals surface area (Å²) in [5, 5.41) is 5.13. The van der Waals surface area contributed by atoms with Gasteiger partial charge in [-0.05, 0) is 76.0 Å². The second kappa shape index (κ2) is 10.3. The van der Waals surface area contributed by atoms with Crippen LogP contribution in [-0.4, -0.2) is 0 Å². The molecular weight excluding hydrogens is 527 g/mol. The van der Waals surface area contributed by atoms with Gasteiger partial charge in [-0.2, -0.15) is 0 Å². The monoisotopic (exact) mass is 553 g/mol. The van der Waals surface area contributed by atoms with Crippen LogP contribution >= 0.6 is 11.3 Å². The molecule has 0 radical (unpaired) electrons. The van der Waals surface area contributed by atoms with Crippen molar-refractivity contribution in [1.29, 1.82) is 0 Å². The second-order valence-corrected chi connectivity index (χ2v) is 11.7. The first kappa shape index (κ1) is 24.6. The molecule has 7 aromatic carbocycles. The van der Waals surface area contributed by atoms with Crippen molar-refractivity contribution in [3.8, 4) is 22.3 Å². The van der Waals surface area contributed by atoms with E-state index < -0.39 is 0 Å². The zero-order chi connectivity index (χ0) is 27.9. The van der Waals surface area contributed by atoms with Gasteiger partial charge in [0.15, 0.2) is 0 Å². The smallest absolute Gasteiger partial charge is 0.0540 e. The van der Waals surface area contributed by atoms with Gasteiger partial charge in [-0.15, -0.1) is 11.3 Å². The Kier molecular flexibility index (Phi) is 6.05. The van der Waals surface area contributed by atoms with Crippen LogP contribution in [0.15, 0.2) is 164 Å². The van der Waals surface area contributed by atoms with Crippen molar-refractivity contribution in [2.75, 3.05) is 4.90 Å². The molecular formula is C40H27NS. The Morgan fingerprint density at radius 3 is 1.93 bits per heavy atom. The van der Waals surface area contributed by atoms with Crippen LogP contribution in [0, 0.1) is 0 Å². The van der Waals surface area contributed by atoms with Gasteiger partial charge in [0.05, 0.1) is 5.69 Å². The lowest BCUT2D eigenvalue weighted by Crippen LogP contribution is -2.11. The molecule has 1 aromatic heterocycles. The Hall–Kier alpha value is -5.18. The molecule has 0 aliphatic carbocycles. The normalized spacial score (nSPS) is 11.3. The zero-order valence-corrected chi connectivity index (χ0v) is 23.8. The molecule has 2 heteroatoms. The van der Waals surface area contributed by atoms with Gasteiger partial charge < -0.3 is 4.90 Å². The van der Waals surface area contributed by atoms with E-state index in [9.17, 15) is 0 Å². The van der Waals surface area contributed by atoms with E-state index in [1.54, 1.807) is 0 Å². The van der Waals surface area contributed by atoms with Gasteiger partial charge in [0.2, 0.25) is 0 Å². The molecule has 1 heterocycles. The first-order valence-electron chi connectivity index (χ1n) is 14.3. The molecule has 0 aliphatic rings. The molecule has 0 fully saturated rings. The summed E-state index contributed by atoms with van der Waals surface area (Å²) in [4.78, 5) is 2.39. The van der Waals surface area contributed by atoms with Gasteiger partial charge >= 0.3 is 0 Å². The number of anilines is 3. The fourth-order valence-electron chi connectivity index (χ4n) is 6.10. The topological polar surface area (TPSA) is 3.24 Å². The van der Waals surface area contributed by atoms with Crippen LogP contribution in [0.25, 0.3) is 53.2 Å². The third-order valence-electron chi connectivity index (χ3n) is 8.05. The van der Waals surface area contributed by atoms with Crippen LogP contribution in [-0.2, 0) is 0 Å². The molecule has 42 heavy (non-hydrogen) atoms. The zero-order valence-electron chi connectivity index (χ0n) is 22.9. The molecule has 0 saturated heterocycles. The number of hydrogen-bond acceptors (Lipinski definition) is 2. The average Bonchev–Trinajstić information content (AvgIpc) is 3.44. The molecule has 0 saturated carbocycles. The average molecular weight is 554 g/mol. The molecule has 0 unspecified atom stereocenters. The molecule has 8 aromatic rings. The third kappa shape index (κ3) is 4.25. The number of benzene rings is 7. The van der Waals surface area contributed by atoms with E-state index in [4.69, 9.17) is 0 Å². The predicted molar refractivity (Wildman–Crippen MR) is 182 cm³/mol. The van der Waals surface area contributed by atoms with E-state index in [1.807, 2.05) is 11.3 Å². The van der Waals surface area contributed by atoms with Crippen molar-refractivity contribution < 1.29 is 0 Å². The van der Waals surface area contributed by atoms with Crippen LogP contribution in [0.3, 0.4) is 0 Å². The van der Waals surface area contributed by atoms with Crippen LogP contribution in [0.1, 0.15) is 0 Å². The summed E-state index contributed by atoms with van der Waals surface area (Å²) in [5.74, 6) is 0. The Morgan fingerprint density at radius 2 is 1.02 bits per heavy atom. The summed E-state index contributed by atoms with van der Waals surface area (Å²) in [5.41, 5.74) is 8.29. The Morgan fingerprint density at radius 1 is 0.381 bits per heavy atom. The minimum absolute atomic E-state index is 1.13. The molecule has 0 bridgehead atoms. The fourth-order valence-corrected chi connectivity index (χ4v) is 7.19. The molecule has 1 nitrogen and oxygen atoms in total. The second-order valence-electron chi connectivity index (χ2n) is 10.6. The summed E-state index contributed by atoms with van der Waals surface area (Å²) >= 11 is 1.86. The first-order chi connectivity index (χ1) is 20.8. The van der Waals surface area contributed by atoms with E-state index in [1.165, 1.54) is 53.2 Å². The molecule has 0 amide bonds. The quantitative estimate of drug-likeness (QED) is 0.205. The summed E-state index contributed by atoms with van der Waals surface area (Å²) in [6, 6.07) is 59.2. The lowest BCUT2D eigenvalue weighted by molar-refractivity contribution is 1.29. The lowest BCUT2D eigenvalue weighted by atomic mass is 9.94. The Bertz CT molecular complexity index is 2200. The minimum atomic E-state index is 1.13. The van der Waals surface area contributed by atoms with E-state index in [2.05, 4.69) is 169 Å². The first-order valence-corrected chi connectivity index (χ1v) is 15.1. The molecule has 0 spiro atoms. The van der Waals surface area contributed by atoms with Gasteiger partial charge in [-0.1, -0.05) is 115 Å². The van der Waals surface area contributed by atoms with Crippen molar-refractivity contribution >= 4 is 59.3 Å². The maximum atomic E-state index is 2.39. The number of nitrogens with zero attached hydrogens (tertiary/aromatic N) is 1. The summed E-state index contributed by atoms with van der Waals surface area (Å²) in [6.45, 7) is 0. The number of thiophene rings is 1. The standard InChI is InChI=1S/C40H27NS/c1-2-16-31(17-3-1)41(32-24-25-40-37(27-32)36-20-7-9-23-39(36)42-40)38-22-8-6-19-35(38)30-15-10-14-29(26-30)34-21-11-13-28-12-4-5-18-33(28)34/h1-27H. The van der Waals surface area contributed by atoms with E-state index in [0.717, 1.165) is 17.1 Å². The van der Waals surface area contributed by atoms with E-state index in [-0.39, 0.29) is 0 Å². The summed E-state index contributed by atoms with van der Waals surface area (Å²) in [7, 11) is 0. The largest absolute Gasteiger partial charge is 0.310 e. The summed E-state index contributed by atoms with van der Waals surface area (Å²) < 4.78 is 2.63. The minimum Gasteiger partial charge on any atom is -0.310 e. The molecule has 8 rings (SSSR count). The molecule has 198 valence electrons. The maximum Gasteiger partial charge on any atom is 0.0540 e. The van der Waals surface area contributed by atoms with E-state index >= 15 is 0 Å². The highest BCUT2D eigenvalue weighted by molar-refractivity contribution is 7.25. The lowest BCUT2D eigenvalue weighted by Gasteiger charge is -2.28. The number of fused-ring (bicyclic) bond motifs is 4. The number of para-hydroxylation sites is 2. The van der Waals surface area contributed by atoms with Crippen molar-refractivity contribution in [3.05, 3.63) is 164 Å². The van der Waals surface area contributed by atoms with Crippen LogP contribution in [0.2, 0.25) is 0 Å². The van der Waals surface area contributed by atoms with Crippen LogP contribution in [0.5, 0.6) is 0 Å². The SMILES string of the molecule is c1ccc(N(c2ccc3sc4ccccc4c3c2)c2ccccc2-c2cccc(-c3cccc4ccccc34)c2)cc1. The van der Waals surface area contributed by atoms with Gasteiger partial charge in [-0.3, -0.25) is 0 Å². The van der Waals surface area contributed by atoms with Crippen LogP contribution in [0.4, 0.5) is 17.1 Å². The van der Waals surface area contributed by atoms with Crippen molar-refractivity contribution in [2.24, 2.45) is 0 Å². The predicted octanol–water partition coefficient (Wildman–Crippen LogP) is 12.0. The van der Waals surface area contributed by atoms with Crippen LogP contribution < -0.4 is 4.90 Å². The van der Waals surface area contributed by atoms with Gasteiger partial charge in [0.25, 0.3) is 0 Å². The fraction of sp³-hybridized carbons (Fsp3) is 0. The van der Waals surface area contributed by atoms with Crippen molar-refractivity contribution in [3.63, 3.8) is 0 Å². The highest BCUT2D eigenvalue weighted by atomic mass is 32.1. The highest BCUT2D eigenvalue weighted by Gasteiger charge is 2.18.